The van der Waals surface area contributed by atoms with E-state index in [0.29, 0.717) is 6.61 Å². The molecule has 8 heavy (non-hydrogen) atoms. The van der Waals surface area contributed by atoms with Gasteiger partial charge in [-0.25, -0.2) is 0 Å². The number of ether oxygens (including phenoxy) is 1. The number of rotatable bonds is 2. The average Bonchev–Trinajstić information content (AvgIpc) is 2.19. The minimum atomic E-state index is 0.704. The van der Waals surface area contributed by atoms with Crippen molar-refractivity contribution in [1.29, 1.82) is 0 Å². The first-order valence-corrected chi connectivity index (χ1v) is 3.16. The zero-order chi connectivity index (χ0) is 5.82. The first-order valence-electron chi connectivity index (χ1n) is 2.39. The summed E-state index contributed by atoms with van der Waals surface area (Å²) in [7, 11) is 0. The molecule has 0 aliphatic heterocycles. The Balaban J connectivity index is 2.50. The second-order valence-corrected chi connectivity index (χ2v) is 1.98. The number of hydrogen-bond donors (Lipinski definition) is 0. The fourth-order valence-electron chi connectivity index (χ4n) is 0.387. The van der Waals surface area contributed by atoms with E-state index in [1.54, 1.807) is 6.07 Å². The molecule has 1 aromatic heterocycles. The highest BCUT2D eigenvalue weighted by Gasteiger charge is 1.89. The van der Waals surface area contributed by atoms with E-state index in [1.165, 1.54) is 11.5 Å². The van der Waals surface area contributed by atoms with Crippen LogP contribution in [0.2, 0.25) is 0 Å². The van der Waals surface area contributed by atoms with E-state index in [4.69, 9.17) is 4.74 Å². The summed E-state index contributed by atoms with van der Waals surface area (Å²) in [4.78, 5) is 0. The predicted molar refractivity (Wildman–Crippen MR) is 32.1 cm³/mol. The molecule has 0 spiro atoms. The minimum Gasteiger partial charge on any atom is -0.483 e. The van der Waals surface area contributed by atoms with E-state index < -0.39 is 0 Å². The molecule has 0 atom stereocenters. The first kappa shape index (κ1) is 5.56. The Morgan fingerprint density at radius 3 is 3.38 bits per heavy atom. The van der Waals surface area contributed by atoms with Gasteiger partial charge in [-0.3, -0.25) is 0 Å². The van der Waals surface area contributed by atoms with Gasteiger partial charge in [0.25, 0.3) is 0 Å². The van der Waals surface area contributed by atoms with Crippen LogP contribution in [0.3, 0.4) is 0 Å². The SMILES string of the molecule is CCOc1c[c]ns1. The average molecular weight is 128 g/mol. The van der Waals surface area contributed by atoms with E-state index in [-0.39, 0.29) is 0 Å². The molecule has 1 rings (SSSR count). The summed E-state index contributed by atoms with van der Waals surface area (Å²) < 4.78 is 8.80. The van der Waals surface area contributed by atoms with E-state index in [1.807, 2.05) is 6.92 Å². The van der Waals surface area contributed by atoms with Crippen molar-refractivity contribution < 1.29 is 4.74 Å². The zero-order valence-corrected chi connectivity index (χ0v) is 5.36. The van der Waals surface area contributed by atoms with Crippen LogP contribution >= 0.6 is 11.5 Å². The van der Waals surface area contributed by atoms with Crippen LogP contribution in [0, 0.1) is 6.20 Å². The molecule has 2 nitrogen and oxygen atoms in total. The maximum atomic E-state index is 5.07. The Labute approximate surface area is 52.3 Å². The number of nitrogens with zero attached hydrogens (tertiary/aromatic N) is 1. The van der Waals surface area contributed by atoms with Crippen molar-refractivity contribution >= 4 is 11.5 Å². The van der Waals surface area contributed by atoms with E-state index in [0.717, 1.165) is 5.06 Å². The van der Waals surface area contributed by atoms with Crippen LogP contribution in [0.5, 0.6) is 5.06 Å². The third-order valence-electron chi connectivity index (χ3n) is 0.657. The standard InChI is InChI=1S/C5H6NOS/c1-2-7-5-3-4-6-8-5/h3H,2H2,1H3. The summed E-state index contributed by atoms with van der Waals surface area (Å²) in [6.45, 7) is 2.65. The van der Waals surface area contributed by atoms with Crippen LogP contribution < -0.4 is 4.74 Å². The molecular weight excluding hydrogens is 122 g/mol. The lowest BCUT2D eigenvalue weighted by atomic mass is 10.7. The van der Waals surface area contributed by atoms with Crippen molar-refractivity contribution in [3.8, 4) is 5.06 Å². The van der Waals surface area contributed by atoms with Gasteiger partial charge in [0.15, 0.2) is 5.06 Å². The van der Waals surface area contributed by atoms with Gasteiger partial charge in [-0.1, -0.05) is 0 Å². The number of aromatic nitrogens is 1. The van der Waals surface area contributed by atoms with Crippen molar-refractivity contribution in [1.82, 2.24) is 4.37 Å². The van der Waals surface area contributed by atoms with Gasteiger partial charge in [0.1, 0.15) is 6.20 Å². The molecule has 1 heterocycles. The molecule has 0 aliphatic carbocycles. The van der Waals surface area contributed by atoms with Gasteiger partial charge in [-0.15, -0.1) is 0 Å². The summed E-state index contributed by atoms with van der Waals surface area (Å²) in [5.74, 6) is 0. The summed E-state index contributed by atoms with van der Waals surface area (Å²) in [6.07, 6.45) is 2.66. The van der Waals surface area contributed by atoms with E-state index in [9.17, 15) is 0 Å². The summed E-state index contributed by atoms with van der Waals surface area (Å²) in [6, 6.07) is 1.73. The van der Waals surface area contributed by atoms with Gasteiger partial charge in [0, 0.05) is 17.6 Å². The van der Waals surface area contributed by atoms with Crippen molar-refractivity contribution in [3.05, 3.63) is 12.3 Å². The molecule has 0 saturated carbocycles. The Bertz CT molecular complexity index is 138. The second kappa shape index (κ2) is 2.67. The fourth-order valence-corrected chi connectivity index (χ4v) is 0.858. The third-order valence-corrected chi connectivity index (χ3v) is 1.27. The molecule has 0 saturated heterocycles. The number of hydrogen-bond acceptors (Lipinski definition) is 3. The largest absolute Gasteiger partial charge is 0.483 e. The van der Waals surface area contributed by atoms with Gasteiger partial charge in [0.2, 0.25) is 0 Å². The first-order chi connectivity index (χ1) is 3.93. The highest BCUT2D eigenvalue weighted by Crippen LogP contribution is 2.13. The third kappa shape index (κ3) is 1.20. The van der Waals surface area contributed by atoms with Crippen molar-refractivity contribution in [2.75, 3.05) is 6.61 Å². The molecular formula is C5H6NOS. The van der Waals surface area contributed by atoms with E-state index in [2.05, 4.69) is 10.6 Å². The molecule has 1 aromatic rings. The van der Waals surface area contributed by atoms with Gasteiger partial charge < -0.3 is 4.74 Å². The second-order valence-electron chi connectivity index (χ2n) is 1.21. The lowest BCUT2D eigenvalue weighted by molar-refractivity contribution is 0.350. The smallest absolute Gasteiger partial charge is 0.193 e. The maximum Gasteiger partial charge on any atom is 0.193 e. The molecule has 0 aliphatic rings. The van der Waals surface area contributed by atoms with Crippen LogP contribution in [0.1, 0.15) is 6.92 Å². The van der Waals surface area contributed by atoms with Crippen LogP contribution in [0.15, 0.2) is 6.07 Å². The van der Waals surface area contributed by atoms with Crippen LogP contribution in [-0.4, -0.2) is 11.0 Å². The van der Waals surface area contributed by atoms with Gasteiger partial charge in [-0.2, -0.15) is 4.37 Å². The molecule has 0 unspecified atom stereocenters. The monoisotopic (exact) mass is 128 g/mol. The Morgan fingerprint density at radius 1 is 2.00 bits per heavy atom. The van der Waals surface area contributed by atoms with Gasteiger partial charge >= 0.3 is 0 Å². The fraction of sp³-hybridized carbons (Fsp3) is 0.400. The molecule has 0 N–H and O–H groups in total. The zero-order valence-electron chi connectivity index (χ0n) is 4.55. The van der Waals surface area contributed by atoms with Crippen LogP contribution in [0.25, 0.3) is 0 Å². The summed E-state index contributed by atoms with van der Waals surface area (Å²) >= 11 is 1.32. The molecule has 0 amide bonds. The van der Waals surface area contributed by atoms with Gasteiger partial charge in [0.05, 0.1) is 6.61 Å². The molecule has 0 fully saturated rings. The Kier molecular flexibility index (Phi) is 1.86. The summed E-state index contributed by atoms with van der Waals surface area (Å²) in [5.41, 5.74) is 0. The van der Waals surface area contributed by atoms with Crippen molar-refractivity contribution in [2.24, 2.45) is 0 Å². The van der Waals surface area contributed by atoms with Crippen molar-refractivity contribution in [3.63, 3.8) is 0 Å². The highest BCUT2D eigenvalue weighted by molar-refractivity contribution is 7.07. The molecule has 1 radical (unpaired) electrons. The summed E-state index contributed by atoms with van der Waals surface area (Å²) in [5, 5.41) is 0.840. The Morgan fingerprint density at radius 2 is 2.88 bits per heavy atom. The topological polar surface area (TPSA) is 22.1 Å². The lowest BCUT2D eigenvalue weighted by Crippen LogP contribution is -1.86. The van der Waals surface area contributed by atoms with Gasteiger partial charge in [-0.05, 0) is 6.92 Å². The highest BCUT2D eigenvalue weighted by atomic mass is 32.1. The molecule has 3 heteroatoms. The van der Waals surface area contributed by atoms with Crippen molar-refractivity contribution in [2.45, 2.75) is 6.92 Å². The Hall–Kier alpha value is -0.570. The van der Waals surface area contributed by atoms with E-state index >= 15 is 0 Å². The van der Waals surface area contributed by atoms with Crippen LogP contribution in [0.4, 0.5) is 0 Å². The van der Waals surface area contributed by atoms with Crippen LogP contribution in [-0.2, 0) is 0 Å². The molecule has 0 aromatic carbocycles. The lowest BCUT2D eigenvalue weighted by Gasteiger charge is -1.92. The molecule has 43 valence electrons. The minimum absolute atomic E-state index is 0.704. The molecule has 0 bridgehead atoms. The maximum absolute atomic E-state index is 5.07. The quantitative estimate of drug-likeness (QED) is 0.599. The normalized spacial score (nSPS) is 9.12. The predicted octanol–water partition coefficient (Wildman–Crippen LogP) is 1.34.